The Morgan fingerprint density at radius 3 is 2.81 bits per heavy atom. The van der Waals surface area contributed by atoms with Gasteiger partial charge in [-0.1, -0.05) is 36.4 Å². The van der Waals surface area contributed by atoms with Gasteiger partial charge in [-0.25, -0.2) is 4.98 Å². The zero-order valence-electron chi connectivity index (χ0n) is 14.4. The summed E-state index contributed by atoms with van der Waals surface area (Å²) in [7, 11) is 0. The molecule has 0 aliphatic rings. The zero-order valence-corrected chi connectivity index (χ0v) is 14.4. The highest BCUT2D eigenvalue weighted by Crippen LogP contribution is 2.16. The lowest BCUT2D eigenvalue weighted by atomic mass is 10.1. The molecule has 0 aliphatic heterocycles. The molecule has 5 nitrogen and oxygen atoms in total. The quantitative estimate of drug-likeness (QED) is 0.563. The molecule has 26 heavy (non-hydrogen) atoms. The summed E-state index contributed by atoms with van der Waals surface area (Å²) < 4.78 is 0. The van der Waals surface area contributed by atoms with Crippen LogP contribution in [0.4, 0.5) is 0 Å². The number of fused-ring (bicyclic) bond motifs is 2. The number of aromatic amines is 1. The van der Waals surface area contributed by atoms with Crippen LogP contribution in [-0.2, 0) is 17.6 Å². The number of H-pyrrole nitrogens is 1. The van der Waals surface area contributed by atoms with Crippen LogP contribution in [0.3, 0.4) is 0 Å². The molecule has 2 heterocycles. The number of para-hydroxylation sites is 3. The van der Waals surface area contributed by atoms with Crippen molar-refractivity contribution in [3.05, 3.63) is 72.2 Å². The molecule has 0 unspecified atom stereocenters. The molecule has 0 spiro atoms. The van der Waals surface area contributed by atoms with Crippen molar-refractivity contribution in [1.29, 1.82) is 0 Å². The number of imidazole rings is 1. The molecule has 2 N–H and O–H groups in total. The molecule has 4 rings (SSSR count). The predicted molar refractivity (Wildman–Crippen MR) is 103 cm³/mol. The summed E-state index contributed by atoms with van der Waals surface area (Å²) in [4.78, 5) is 24.3. The number of carbonyl (C=O) groups excluding carboxylic acids is 1. The Hall–Kier alpha value is -3.21. The average Bonchev–Trinajstić information content (AvgIpc) is 3.10. The summed E-state index contributed by atoms with van der Waals surface area (Å²) >= 11 is 0. The fourth-order valence-electron chi connectivity index (χ4n) is 3.15. The number of nitrogens with one attached hydrogen (secondary N) is 2. The molecule has 2 aromatic heterocycles. The summed E-state index contributed by atoms with van der Waals surface area (Å²) in [6.45, 7) is 0.606. The summed E-state index contributed by atoms with van der Waals surface area (Å²) in [5.74, 6) is 0.887. The van der Waals surface area contributed by atoms with Crippen LogP contribution in [0.2, 0.25) is 0 Å². The maximum atomic E-state index is 12.1. The number of aromatic nitrogens is 3. The van der Waals surface area contributed by atoms with Crippen LogP contribution in [0.15, 0.2) is 60.8 Å². The van der Waals surface area contributed by atoms with Crippen LogP contribution in [0, 0.1) is 0 Å². The van der Waals surface area contributed by atoms with Gasteiger partial charge in [-0.05, 0) is 30.2 Å². The van der Waals surface area contributed by atoms with E-state index in [4.69, 9.17) is 0 Å². The van der Waals surface area contributed by atoms with Crippen LogP contribution >= 0.6 is 0 Å². The summed E-state index contributed by atoms with van der Waals surface area (Å²) in [6, 6.07) is 18.0. The van der Waals surface area contributed by atoms with Crippen LogP contribution in [-0.4, -0.2) is 27.4 Å². The second kappa shape index (κ2) is 7.35. The van der Waals surface area contributed by atoms with E-state index in [0.29, 0.717) is 19.4 Å². The molecule has 0 fully saturated rings. The van der Waals surface area contributed by atoms with E-state index in [-0.39, 0.29) is 5.91 Å². The molecule has 0 bridgehead atoms. The molecular weight excluding hydrogens is 324 g/mol. The van der Waals surface area contributed by atoms with Crippen LogP contribution < -0.4 is 5.32 Å². The predicted octanol–water partition coefficient (Wildman–Crippen LogP) is 3.40. The van der Waals surface area contributed by atoms with Gasteiger partial charge in [0.1, 0.15) is 5.82 Å². The fourth-order valence-corrected chi connectivity index (χ4v) is 3.15. The van der Waals surface area contributed by atoms with Gasteiger partial charge in [0.15, 0.2) is 0 Å². The van der Waals surface area contributed by atoms with Gasteiger partial charge in [-0.2, -0.15) is 0 Å². The third-order valence-corrected chi connectivity index (χ3v) is 4.46. The summed E-state index contributed by atoms with van der Waals surface area (Å²) in [5.41, 5.74) is 4.10. The van der Waals surface area contributed by atoms with E-state index >= 15 is 0 Å². The lowest BCUT2D eigenvalue weighted by Crippen LogP contribution is -2.26. The number of hydrogen-bond acceptors (Lipinski definition) is 3. The number of nitrogens with zero attached hydrogens (tertiary/aromatic N) is 2. The molecule has 4 aromatic rings. The van der Waals surface area contributed by atoms with E-state index in [1.165, 1.54) is 0 Å². The summed E-state index contributed by atoms with van der Waals surface area (Å²) in [5, 5.41) is 4.12. The number of carbonyl (C=O) groups is 1. The second-order valence-electron chi connectivity index (χ2n) is 6.29. The Bertz CT molecular complexity index is 1020. The van der Waals surface area contributed by atoms with Crippen molar-refractivity contribution >= 4 is 27.8 Å². The Morgan fingerprint density at radius 1 is 1.00 bits per heavy atom. The molecule has 5 heteroatoms. The van der Waals surface area contributed by atoms with Crippen molar-refractivity contribution in [3.63, 3.8) is 0 Å². The fraction of sp³-hybridized carbons (Fsp3) is 0.190. The molecule has 0 saturated heterocycles. The minimum Gasteiger partial charge on any atom is -0.356 e. The Kier molecular flexibility index (Phi) is 4.60. The number of pyridine rings is 1. The topological polar surface area (TPSA) is 70.7 Å². The van der Waals surface area contributed by atoms with Gasteiger partial charge in [0.05, 0.1) is 16.6 Å². The molecule has 130 valence electrons. The van der Waals surface area contributed by atoms with Crippen molar-refractivity contribution in [1.82, 2.24) is 20.3 Å². The van der Waals surface area contributed by atoms with Crippen molar-refractivity contribution in [2.75, 3.05) is 6.54 Å². The van der Waals surface area contributed by atoms with Crippen molar-refractivity contribution in [2.45, 2.75) is 19.3 Å². The monoisotopic (exact) mass is 344 g/mol. The molecule has 0 aliphatic carbocycles. The van der Waals surface area contributed by atoms with E-state index in [2.05, 4.69) is 38.5 Å². The smallest absolute Gasteiger partial charge is 0.220 e. The van der Waals surface area contributed by atoms with Gasteiger partial charge >= 0.3 is 0 Å². The largest absolute Gasteiger partial charge is 0.356 e. The third kappa shape index (κ3) is 3.57. The minimum atomic E-state index is 0.0404. The van der Waals surface area contributed by atoms with E-state index in [0.717, 1.165) is 39.7 Å². The maximum absolute atomic E-state index is 12.1. The maximum Gasteiger partial charge on any atom is 0.220 e. The highest BCUT2D eigenvalue weighted by Gasteiger charge is 2.07. The van der Waals surface area contributed by atoms with Gasteiger partial charge < -0.3 is 10.3 Å². The Balaban J connectivity index is 1.30. The lowest BCUT2D eigenvalue weighted by molar-refractivity contribution is -0.121. The highest BCUT2D eigenvalue weighted by molar-refractivity contribution is 5.81. The molecule has 0 saturated carbocycles. The number of benzene rings is 2. The number of hydrogen-bond donors (Lipinski definition) is 2. The number of rotatable bonds is 6. The standard InChI is InChI=1S/C21H20N4O/c26-20(11-10-19-24-17-8-1-2-9-18(17)25-19)22-14-12-16-6-3-5-15-7-4-13-23-21(15)16/h1-9,13H,10-12,14H2,(H,22,26)(H,24,25). The molecule has 0 atom stereocenters. The van der Waals surface area contributed by atoms with Crippen LogP contribution in [0.5, 0.6) is 0 Å². The third-order valence-electron chi connectivity index (χ3n) is 4.46. The second-order valence-corrected chi connectivity index (χ2v) is 6.29. The van der Waals surface area contributed by atoms with Gasteiger partial charge in [0.2, 0.25) is 5.91 Å². The normalized spacial score (nSPS) is 11.1. The van der Waals surface area contributed by atoms with Crippen LogP contribution in [0.1, 0.15) is 17.8 Å². The van der Waals surface area contributed by atoms with Gasteiger partial charge in [-0.3, -0.25) is 9.78 Å². The van der Waals surface area contributed by atoms with Gasteiger partial charge in [0, 0.05) is 31.0 Å². The molecular formula is C21H20N4O. The van der Waals surface area contributed by atoms with Crippen LogP contribution in [0.25, 0.3) is 21.9 Å². The number of amides is 1. The Labute approximate surface area is 151 Å². The Morgan fingerprint density at radius 2 is 1.88 bits per heavy atom. The first kappa shape index (κ1) is 16.3. The molecule has 1 amide bonds. The SMILES string of the molecule is O=C(CCc1nc2ccccc2[nH]1)NCCc1cccc2cccnc12. The first-order valence-electron chi connectivity index (χ1n) is 8.82. The molecule has 2 aromatic carbocycles. The van der Waals surface area contributed by atoms with E-state index in [9.17, 15) is 4.79 Å². The average molecular weight is 344 g/mol. The zero-order chi connectivity index (χ0) is 17.8. The van der Waals surface area contributed by atoms with E-state index in [1.54, 1.807) is 6.20 Å². The highest BCUT2D eigenvalue weighted by atomic mass is 16.1. The van der Waals surface area contributed by atoms with Crippen molar-refractivity contribution in [2.24, 2.45) is 0 Å². The van der Waals surface area contributed by atoms with Gasteiger partial charge in [0.25, 0.3) is 0 Å². The van der Waals surface area contributed by atoms with Crippen molar-refractivity contribution < 1.29 is 4.79 Å². The summed E-state index contributed by atoms with van der Waals surface area (Å²) in [6.07, 6.45) is 3.60. The first-order chi connectivity index (χ1) is 12.8. The number of aryl methyl sites for hydroxylation is 1. The van der Waals surface area contributed by atoms with Gasteiger partial charge in [-0.15, -0.1) is 0 Å². The lowest BCUT2D eigenvalue weighted by Gasteiger charge is -2.07. The van der Waals surface area contributed by atoms with Crippen molar-refractivity contribution in [3.8, 4) is 0 Å². The van der Waals surface area contributed by atoms with E-state index in [1.807, 2.05) is 36.4 Å². The molecule has 0 radical (unpaired) electrons. The first-order valence-corrected chi connectivity index (χ1v) is 8.82. The van der Waals surface area contributed by atoms with E-state index < -0.39 is 0 Å². The minimum absolute atomic E-state index is 0.0404.